The third-order valence-corrected chi connectivity index (χ3v) is 7.64. The molecule has 6 nitrogen and oxygen atoms in total. The molecule has 1 fully saturated rings. The molecule has 2 aromatic heterocycles. The van der Waals surface area contributed by atoms with Crippen LogP contribution in [0.25, 0.3) is 10.8 Å². The molecule has 0 amide bonds. The van der Waals surface area contributed by atoms with Crippen LogP contribution < -0.4 is 10.0 Å². The standard InChI is InChI=1S/C24H28N4O2S/c1-15(2)12-27-31(29,30)24-21-10-20(28-19-4-3-7-25-14-19)9-17(21)8-18-13-26-23(11-22(18)24)16-5-6-16/h3-4,7-8,11,13-16,20,27-28H,5-6,9-10,12H2,1-2H3. The van der Waals surface area contributed by atoms with Crippen LogP contribution in [0.4, 0.5) is 5.69 Å². The van der Waals surface area contributed by atoms with Crippen molar-refractivity contribution in [1.82, 2.24) is 14.7 Å². The second kappa shape index (κ2) is 7.88. The first kappa shape index (κ1) is 20.4. The largest absolute Gasteiger partial charge is 0.380 e. The van der Waals surface area contributed by atoms with Crippen LogP contribution in [0, 0.1) is 5.92 Å². The third-order valence-electron chi connectivity index (χ3n) is 6.09. The third kappa shape index (κ3) is 4.16. The smallest absolute Gasteiger partial charge is 0.241 e. The van der Waals surface area contributed by atoms with Gasteiger partial charge in [0.05, 0.1) is 10.6 Å². The van der Waals surface area contributed by atoms with E-state index in [1.54, 1.807) is 12.4 Å². The van der Waals surface area contributed by atoms with Crippen molar-refractivity contribution >= 4 is 26.5 Å². The summed E-state index contributed by atoms with van der Waals surface area (Å²) in [7, 11) is -3.64. The van der Waals surface area contributed by atoms with Gasteiger partial charge in [-0.05, 0) is 67.0 Å². The summed E-state index contributed by atoms with van der Waals surface area (Å²) >= 11 is 0. The van der Waals surface area contributed by atoms with Gasteiger partial charge in [0, 0.05) is 53.6 Å². The normalized spacial score (nSPS) is 18.5. The number of hydrogen-bond donors (Lipinski definition) is 2. The van der Waals surface area contributed by atoms with E-state index in [0.29, 0.717) is 23.8 Å². The topological polar surface area (TPSA) is 84.0 Å². The van der Waals surface area contributed by atoms with Crippen molar-refractivity contribution in [3.8, 4) is 0 Å². The number of anilines is 1. The fourth-order valence-electron chi connectivity index (χ4n) is 4.41. The molecule has 0 spiro atoms. The lowest BCUT2D eigenvalue weighted by Gasteiger charge is -2.16. The summed E-state index contributed by atoms with van der Waals surface area (Å²) in [6.07, 6.45) is 9.11. The molecule has 1 saturated carbocycles. The molecule has 31 heavy (non-hydrogen) atoms. The maximum atomic E-state index is 13.5. The van der Waals surface area contributed by atoms with Crippen LogP contribution in [0.5, 0.6) is 0 Å². The fourth-order valence-corrected chi connectivity index (χ4v) is 6.11. The van der Waals surface area contributed by atoms with Gasteiger partial charge >= 0.3 is 0 Å². The number of fused-ring (bicyclic) bond motifs is 2. The molecule has 7 heteroatoms. The molecular weight excluding hydrogens is 408 g/mol. The number of nitrogens with one attached hydrogen (secondary N) is 2. The van der Waals surface area contributed by atoms with Crippen molar-refractivity contribution in [1.29, 1.82) is 0 Å². The number of hydrogen-bond acceptors (Lipinski definition) is 5. The van der Waals surface area contributed by atoms with Gasteiger partial charge in [-0.2, -0.15) is 0 Å². The highest BCUT2D eigenvalue weighted by Crippen LogP contribution is 2.42. The second-order valence-electron chi connectivity index (χ2n) is 9.18. The minimum atomic E-state index is -3.64. The Bertz CT molecular complexity index is 1220. The van der Waals surface area contributed by atoms with E-state index in [2.05, 4.69) is 26.1 Å². The Hall–Kier alpha value is -2.51. The quantitative estimate of drug-likeness (QED) is 0.584. The van der Waals surface area contributed by atoms with E-state index in [9.17, 15) is 8.42 Å². The molecule has 0 bridgehead atoms. The zero-order valence-corrected chi connectivity index (χ0v) is 18.7. The van der Waals surface area contributed by atoms with Crippen LogP contribution >= 0.6 is 0 Å². The molecule has 5 rings (SSSR count). The molecule has 2 N–H and O–H groups in total. The van der Waals surface area contributed by atoms with Gasteiger partial charge in [0.2, 0.25) is 10.0 Å². The first-order valence-corrected chi connectivity index (χ1v) is 12.5. The Labute approximate surface area is 183 Å². The Morgan fingerprint density at radius 2 is 2.00 bits per heavy atom. The zero-order chi connectivity index (χ0) is 21.6. The fraction of sp³-hybridized carbons (Fsp3) is 0.417. The molecule has 1 unspecified atom stereocenters. The minimum Gasteiger partial charge on any atom is -0.380 e. The van der Waals surface area contributed by atoms with Crippen LogP contribution in [-0.2, 0) is 22.9 Å². The summed E-state index contributed by atoms with van der Waals surface area (Å²) in [5.41, 5.74) is 3.97. The van der Waals surface area contributed by atoms with Gasteiger partial charge in [0.25, 0.3) is 0 Å². The van der Waals surface area contributed by atoms with Crippen LogP contribution in [0.3, 0.4) is 0 Å². The summed E-state index contributed by atoms with van der Waals surface area (Å²) < 4.78 is 29.9. The highest BCUT2D eigenvalue weighted by Gasteiger charge is 2.32. The van der Waals surface area contributed by atoms with E-state index in [-0.39, 0.29) is 12.0 Å². The minimum absolute atomic E-state index is 0.130. The van der Waals surface area contributed by atoms with Crippen molar-refractivity contribution < 1.29 is 8.42 Å². The Morgan fingerprint density at radius 1 is 1.16 bits per heavy atom. The summed E-state index contributed by atoms with van der Waals surface area (Å²) in [4.78, 5) is 9.26. The van der Waals surface area contributed by atoms with Crippen LogP contribution in [0.15, 0.2) is 47.8 Å². The summed E-state index contributed by atoms with van der Waals surface area (Å²) in [6, 6.07) is 8.15. The van der Waals surface area contributed by atoms with Gasteiger partial charge in [-0.15, -0.1) is 0 Å². The van der Waals surface area contributed by atoms with E-state index in [1.165, 1.54) is 0 Å². The number of sulfonamides is 1. The number of nitrogens with zero attached hydrogens (tertiary/aromatic N) is 2. The number of benzene rings is 1. The van der Waals surface area contributed by atoms with Gasteiger partial charge in [-0.3, -0.25) is 9.97 Å². The average molecular weight is 437 g/mol. The molecule has 0 radical (unpaired) electrons. The lowest BCUT2D eigenvalue weighted by atomic mass is 10.0. The zero-order valence-electron chi connectivity index (χ0n) is 17.9. The summed E-state index contributed by atoms with van der Waals surface area (Å²) in [5, 5.41) is 5.22. The maximum Gasteiger partial charge on any atom is 0.241 e. The molecule has 162 valence electrons. The number of rotatable bonds is 7. The molecule has 0 aliphatic heterocycles. The molecule has 2 aliphatic carbocycles. The van der Waals surface area contributed by atoms with Crippen molar-refractivity contribution in [2.45, 2.75) is 56.4 Å². The van der Waals surface area contributed by atoms with E-state index >= 15 is 0 Å². The van der Waals surface area contributed by atoms with Crippen molar-refractivity contribution in [3.05, 3.63) is 59.7 Å². The highest BCUT2D eigenvalue weighted by atomic mass is 32.2. The van der Waals surface area contributed by atoms with E-state index in [4.69, 9.17) is 0 Å². The Morgan fingerprint density at radius 3 is 2.71 bits per heavy atom. The van der Waals surface area contributed by atoms with Crippen molar-refractivity contribution in [3.63, 3.8) is 0 Å². The second-order valence-corrected chi connectivity index (χ2v) is 10.9. The lowest BCUT2D eigenvalue weighted by Crippen LogP contribution is -2.29. The monoisotopic (exact) mass is 436 g/mol. The van der Waals surface area contributed by atoms with Crippen molar-refractivity contribution in [2.75, 3.05) is 11.9 Å². The van der Waals surface area contributed by atoms with Gasteiger partial charge in [0.15, 0.2) is 0 Å². The van der Waals surface area contributed by atoms with E-state index in [0.717, 1.165) is 52.5 Å². The number of aromatic nitrogens is 2. The highest BCUT2D eigenvalue weighted by molar-refractivity contribution is 7.89. The first-order chi connectivity index (χ1) is 14.9. The van der Waals surface area contributed by atoms with Crippen LogP contribution in [0.2, 0.25) is 0 Å². The average Bonchev–Trinajstić information content (AvgIpc) is 3.52. The maximum absolute atomic E-state index is 13.5. The lowest BCUT2D eigenvalue weighted by molar-refractivity contribution is 0.560. The summed E-state index contributed by atoms with van der Waals surface area (Å²) in [6.45, 7) is 4.45. The van der Waals surface area contributed by atoms with Crippen LogP contribution in [-0.4, -0.2) is 31.0 Å². The van der Waals surface area contributed by atoms with E-state index < -0.39 is 10.0 Å². The van der Waals surface area contributed by atoms with Gasteiger partial charge in [-0.25, -0.2) is 13.1 Å². The summed E-state index contributed by atoms with van der Waals surface area (Å²) in [5.74, 6) is 0.707. The predicted octanol–water partition coefficient (Wildman–Crippen LogP) is 4.02. The molecular formula is C24H28N4O2S. The van der Waals surface area contributed by atoms with Crippen LogP contribution in [0.1, 0.15) is 49.4 Å². The number of pyridine rings is 2. The van der Waals surface area contributed by atoms with Gasteiger partial charge in [0.1, 0.15) is 0 Å². The molecule has 1 aromatic carbocycles. The van der Waals surface area contributed by atoms with Gasteiger partial charge in [-0.1, -0.05) is 13.8 Å². The predicted molar refractivity (Wildman–Crippen MR) is 123 cm³/mol. The van der Waals surface area contributed by atoms with Crippen molar-refractivity contribution in [2.24, 2.45) is 5.92 Å². The Kier molecular flexibility index (Phi) is 5.18. The Balaban J connectivity index is 1.59. The first-order valence-electron chi connectivity index (χ1n) is 11.0. The molecule has 0 saturated heterocycles. The molecule has 2 heterocycles. The molecule has 1 atom stereocenters. The molecule has 3 aromatic rings. The SMILES string of the molecule is CC(C)CNS(=O)(=O)c1c2c(cc3cnc(C4CC4)cc13)CC(Nc1cccnc1)C2. The van der Waals surface area contributed by atoms with Gasteiger partial charge < -0.3 is 5.32 Å². The molecule has 2 aliphatic rings. The van der Waals surface area contributed by atoms with E-state index in [1.807, 2.05) is 38.2 Å².